The van der Waals surface area contributed by atoms with Gasteiger partial charge >= 0.3 is 0 Å². The Morgan fingerprint density at radius 2 is 2.10 bits per heavy atom. The number of anilines is 1. The van der Waals surface area contributed by atoms with Crippen LogP contribution in [0.25, 0.3) is 0 Å². The molecule has 2 aliphatic rings. The molecule has 0 bridgehead atoms. The molecule has 0 aromatic carbocycles. The molecule has 1 saturated heterocycles. The number of amides is 1. The van der Waals surface area contributed by atoms with E-state index >= 15 is 0 Å². The summed E-state index contributed by atoms with van der Waals surface area (Å²) in [6, 6.07) is 0.151. The number of piperidine rings is 1. The zero-order chi connectivity index (χ0) is 21.8. The number of nitrogens with one attached hydrogen (secondary N) is 1. The summed E-state index contributed by atoms with van der Waals surface area (Å²) in [6.45, 7) is 2.69. The molecule has 3 atom stereocenters. The van der Waals surface area contributed by atoms with E-state index < -0.39 is 0 Å². The van der Waals surface area contributed by atoms with Crippen LogP contribution in [0.2, 0.25) is 0 Å². The molecule has 1 aliphatic heterocycles. The first-order chi connectivity index (χ1) is 15.0. The number of carbonyl (C=O) groups is 1. The van der Waals surface area contributed by atoms with Crippen molar-refractivity contribution in [3.05, 3.63) is 28.3 Å². The van der Waals surface area contributed by atoms with Crippen LogP contribution in [-0.4, -0.2) is 46.3 Å². The molecule has 9 heteroatoms. The number of hydrogen-bond acceptors (Lipinski definition) is 7. The second-order valence-electron chi connectivity index (χ2n) is 9.14. The van der Waals surface area contributed by atoms with Crippen molar-refractivity contribution in [3.8, 4) is 0 Å². The van der Waals surface area contributed by atoms with Crippen LogP contribution in [0.15, 0.2) is 17.1 Å². The molecule has 31 heavy (non-hydrogen) atoms. The standard InChI is InChI=1S/C22H35N7OS/c1-28-22(29-7-5-15(11-23)6-8-29)18(12-26-28)19(10-16-3-2-4-17(24)9-16)27-21(30)20-13-31-14-25-20/h12-17,19H,2-11,23-24H2,1H3,(H,27,30). The Kier molecular flexibility index (Phi) is 7.24. The van der Waals surface area contributed by atoms with Crippen LogP contribution < -0.4 is 21.7 Å². The van der Waals surface area contributed by atoms with Crippen molar-refractivity contribution in [3.63, 3.8) is 0 Å². The van der Waals surface area contributed by atoms with Gasteiger partial charge in [0.1, 0.15) is 11.5 Å². The van der Waals surface area contributed by atoms with E-state index in [1.165, 1.54) is 11.3 Å². The number of carbonyl (C=O) groups excluding carboxylic acids is 1. The average Bonchev–Trinajstić information content (AvgIpc) is 3.43. The monoisotopic (exact) mass is 445 g/mol. The van der Waals surface area contributed by atoms with E-state index in [0.717, 1.165) is 76.0 Å². The van der Waals surface area contributed by atoms with E-state index in [2.05, 4.69) is 20.3 Å². The highest BCUT2D eigenvalue weighted by molar-refractivity contribution is 7.07. The molecule has 2 aromatic rings. The third kappa shape index (κ3) is 5.27. The lowest BCUT2D eigenvalue weighted by Gasteiger charge is -2.35. The fourth-order valence-electron chi connectivity index (χ4n) is 5.16. The molecule has 2 aromatic heterocycles. The number of aryl methyl sites for hydroxylation is 1. The maximum absolute atomic E-state index is 12.9. The number of hydrogen-bond donors (Lipinski definition) is 3. The molecular formula is C22H35N7OS. The smallest absolute Gasteiger partial charge is 0.271 e. The highest BCUT2D eigenvalue weighted by Crippen LogP contribution is 2.36. The minimum Gasteiger partial charge on any atom is -0.357 e. The molecular weight excluding hydrogens is 410 g/mol. The number of nitrogens with two attached hydrogens (primary N) is 2. The van der Waals surface area contributed by atoms with Gasteiger partial charge in [-0.05, 0) is 50.5 Å². The molecule has 1 aliphatic carbocycles. The lowest BCUT2D eigenvalue weighted by molar-refractivity contribution is 0.0923. The minimum atomic E-state index is -0.122. The molecule has 170 valence electrons. The Balaban J connectivity index is 1.58. The molecule has 0 radical (unpaired) electrons. The summed E-state index contributed by atoms with van der Waals surface area (Å²) in [5.74, 6) is 2.08. The first-order valence-electron chi connectivity index (χ1n) is 11.5. The van der Waals surface area contributed by atoms with E-state index in [-0.39, 0.29) is 18.0 Å². The van der Waals surface area contributed by atoms with Crippen molar-refractivity contribution in [2.75, 3.05) is 24.5 Å². The lowest BCUT2D eigenvalue weighted by Crippen LogP contribution is -2.39. The third-order valence-electron chi connectivity index (χ3n) is 6.92. The number of thiazole rings is 1. The molecule has 2 fully saturated rings. The Morgan fingerprint density at radius 3 is 2.77 bits per heavy atom. The third-order valence-corrected chi connectivity index (χ3v) is 7.51. The maximum atomic E-state index is 12.9. The van der Waals surface area contributed by atoms with Gasteiger partial charge in [-0.2, -0.15) is 5.10 Å². The highest BCUT2D eigenvalue weighted by atomic mass is 32.1. The second kappa shape index (κ2) is 10.1. The highest BCUT2D eigenvalue weighted by Gasteiger charge is 2.30. The summed E-state index contributed by atoms with van der Waals surface area (Å²) in [5, 5.41) is 9.66. The summed E-state index contributed by atoms with van der Waals surface area (Å²) >= 11 is 1.44. The van der Waals surface area contributed by atoms with Gasteiger partial charge < -0.3 is 21.7 Å². The van der Waals surface area contributed by atoms with Crippen molar-refractivity contribution in [2.24, 2.45) is 30.4 Å². The fraction of sp³-hybridized carbons (Fsp3) is 0.682. The molecule has 4 rings (SSSR count). The number of nitrogens with zero attached hydrogens (tertiary/aromatic N) is 4. The zero-order valence-electron chi connectivity index (χ0n) is 18.4. The lowest BCUT2D eigenvalue weighted by atomic mass is 9.81. The summed E-state index contributed by atoms with van der Waals surface area (Å²) in [4.78, 5) is 19.5. The van der Waals surface area contributed by atoms with Crippen LogP contribution in [0, 0.1) is 11.8 Å². The van der Waals surface area contributed by atoms with Crippen LogP contribution in [-0.2, 0) is 7.05 Å². The number of rotatable bonds is 7. The summed E-state index contributed by atoms with van der Waals surface area (Å²) < 4.78 is 1.95. The molecule has 8 nitrogen and oxygen atoms in total. The van der Waals surface area contributed by atoms with Crippen LogP contribution >= 0.6 is 11.3 Å². The zero-order valence-corrected chi connectivity index (χ0v) is 19.2. The van der Waals surface area contributed by atoms with E-state index in [1.54, 1.807) is 10.9 Å². The first kappa shape index (κ1) is 22.2. The van der Waals surface area contributed by atoms with Crippen molar-refractivity contribution >= 4 is 23.1 Å². The van der Waals surface area contributed by atoms with Gasteiger partial charge in [0.15, 0.2) is 0 Å². The normalized spacial score (nSPS) is 23.6. The summed E-state index contributed by atoms with van der Waals surface area (Å²) in [5.41, 5.74) is 15.4. The van der Waals surface area contributed by atoms with Gasteiger partial charge in [-0.15, -0.1) is 11.3 Å². The van der Waals surface area contributed by atoms with Gasteiger partial charge in [0.25, 0.3) is 5.91 Å². The topological polar surface area (TPSA) is 115 Å². The van der Waals surface area contributed by atoms with E-state index in [9.17, 15) is 4.79 Å². The van der Waals surface area contributed by atoms with Crippen molar-refractivity contribution < 1.29 is 4.79 Å². The van der Waals surface area contributed by atoms with Crippen LogP contribution in [0.4, 0.5) is 5.82 Å². The maximum Gasteiger partial charge on any atom is 0.271 e. The Bertz CT molecular complexity index is 844. The van der Waals surface area contributed by atoms with Gasteiger partial charge in [-0.1, -0.05) is 12.8 Å². The molecule has 3 unspecified atom stereocenters. The Hall–Kier alpha value is -1.97. The quantitative estimate of drug-likeness (QED) is 0.603. The average molecular weight is 446 g/mol. The summed E-state index contributed by atoms with van der Waals surface area (Å²) in [6.07, 6.45) is 9.42. The van der Waals surface area contributed by atoms with Gasteiger partial charge in [0, 0.05) is 37.1 Å². The Labute approximate surface area is 188 Å². The van der Waals surface area contributed by atoms with Crippen molar-refractivity contribution in [2.45, 2.75) is 57.0 Å². The first-order valence-corrected chi connectivity index (χ1v) is 12.4. The minimum absolute atomic E-state index is 0.111. The number of aromatic nitrogens is 3. The van der Waals surface area contributed by atoms with Crippen molar-refractivity contribution in [1.29, 1.82) is 0 Å². The Morgan fingerprint density at radius 1 is 1.29 bits per heavy atom. The van der Waals surface area contributed by atoms with E-state index in [0.29, 0.717) is 17.5 Å². The predicted molar refractivity (Wildman–Crippen MR) is 124 cm³/mol. The fourth-order valence-corrected chi connectivity index (χ4v) is 5.69. The van der Waals surface area contributed by atoms with Crippen LogP contribution in [0.1, 0.15) is 67.0 Å². The van der Waals surface area contributed by atoms with Gasteiger partial charge in [0.05, 0.1) is 17.7 Å². The van der Waals surface area contributed by atoms with Gasteiger partial charge in [-0.25, -0.2) is 4.98 Å². The SMILES string of the molecule is Cn1ncc(C(CC2CCCC(N)C2)NC(=O)c2cscn2)c1N1CCC(CN)CC1. The predicted octanol–water partition coefficient (Wildman–Crippen LogP) is 2.43. The van der Waals surface area contributed by atoms with E-state index in [4.69, 9.17) is 11.5 Å². The molecule has 1 amide bonds. The molecule has 3 heterocycles. The van der Waals surface area contributed by atoms with Crippen LogP contribution in [0.5, 0.6) is 0 Å². The van der Waals surface area contributed by atoms with E-state index in [1.807, 2.05) is 17.9 Å². The molecule has 1 saturated carbocycles. The molecule has 5 N–H and O–H groups in total. The second-order valence-corrected chi connectivity index (χ2v) is 9.86. The summed E-state index contributed by atoms with van der Waals surface area (Å²) in [7, 11) is 1.99. The van der Waals surface area contributed by atoms with Crippen molar-refractivity contribution in [1.82, 2.24) is 20.1 Å². The molecule has 0 spiro atoms. The van der Waals surface area contributed by atoms with Crippen LogP contribution in [0.3, 0.4) is 0 Å². The van der Waals surface area contributed by atoms with Gasteiger partial charge in [-0.3, -0.25) is 9.48 Å². The largest absolute Gasteiger partial charge is 0.357 e. The van der Waals surface area contributed by atoms with Gasteiger partial charge in [0.2, 0.25) is 0 Å².